The smallest absolute Gasteiger partial charge is 0.272 e. The third-order valence-corrected chi connectivity index (χ3v) is 5.27. The molecule has 0 aliphatic rings. The first-order chi connectivity index (χ1) is 15.6. The van der Waals surface area contributed by atoms with Crippen molar-refractivity contribution >= 4 is 16.9 Å². The van der Waals surface area contributed by atoms with Gasteiger partial charge in [0.05, 0.1) is 24.2 Å². The summed E-state index contributed by atoms with van der Waals surface area (Å²) >= 11 is 0. The lowest BCUT2D eigenvalue weighted by molar-refractivity contribution is 0.0950. The number of nitrogens with zero attached hydrogens (tertiary/aromatic N) is 2. The van der Waals surface area contributed by atoms with Crippen molar-refractivity contribution < 1.29 is 9.53 Å². The van der Waals surface area contributed by atoms with Crippen LogP contribution in [0, 0.1) is 6.92 Å². The van der Waals surface area contributed by atoms with Crippen molar-refractivity contribution in [2.75, 3.05) is 6.61 Å². The molecule has 0 fully saturated rings. The summed E-state index contributed by atoms with van der Waals surface area (Å²) in [5.41, 5.74) is 4.00. The topological polar surface area (TPSA) is 73.2 Å². The van der Waals surface area contributed by atoms with Gasteiger partial charge in [0.15, 0.2) is 0 Å². The fourth-order valence-electron chi connectivity index (χ4n) is 3.66. The Labute approximate surface area is 186 Å². The summed E-state index contributed by atoms with van der Waals surface area (Å²) in [7, 11) is 0. The average Bonchev–Trinajstić information content (AvgIpc) is 2.81. The van der Waals surface area contributed by atoms with E-state index in [1.54, 1.807) is 29.7 Å². The minimum absolute atomic E-state index is 0.133. The van der Waals surface area contributed by atoms with Crippen LogP contribution in [0.5, 0.6) is 5.75 Å². The van der Waals surface area contributed by atoms with E-state index in [2.05, 4.69) is 10.3 Å². The molecule has 1 amide bonds. The molecular formula is C26H25N3O3. The Bertz CT molecular complexity index is 1310. The summed E-state index contributed by atoms with van der Waals surface area (Å²) in [6.45, 7) is 4.98. The molecule has 1 N–H and O–H groups in total. The van der Waals surface area contributed by atoms with E-state index < -0.39 is 0 Å². The molecule has 6 heteroatoms. The number of rotatable bonds is 7. The first-order valence-electron chi connectivity index (χ1n) is 10.6. The van der Waals surface area contributed by atoms with Gasteiger partial charge in [0, 0.05) is 17.7 Å². The molecule has 0 aliphatic carbocycles. The largest absolute Gasteiger partial charge is 0.494 e. The fourth-order valence-corrected chi connectivity index (χ4v) is 3.66. The molecule has 4 rings (SSSR count). The molecule has 0 aliphatic heterocycles. The van der Waals surface area contributed by atoms with Gasteiger partial charge in [0.1, 0.15) is 11.4 Å². The number of nitrogens with one attached hydrogen (secondary N) is 1. The Kier molecular flexibility index (Phi) is 6.31. The Morgan fingerprint density at radius 2 is 1.78 bits per heavy atom. The van der Waals surface area contributed by atoms with E-state index in [-0.39, 0.29) is 11.5 Å². The number of aryl methyl sites for hydroxylation is 1. The zero-order chi connectivity index (χ0) is 22.5. The Morgan fingerprint density at radius 3 is 2.56 bits per heavy atom. The molecule has 32 heavy (non-hydrogen) atoms. The van der Waals surface area contributed by atoms with Crippen molar-refractivity contribution in [3.8, 4) is 5.75 Å². The lowest BCUT2D eigenvalue weighted by Gasteiger charge is -2.13. The predicted octanol–water partition coefficient (Wildman–Crippen LogP) is 4.08. The highest BCUT2D eigenvalue weighted by atomic mass is 16.5. The molecule has 0 atom stereocenters. The first-order valence-corrected chi connectivity index (χ1v) is 10.6. The minimum atomic E-state index is -0.210. The van der Waals surface area contributed by atoms with Crippen molar-refractivity contribution in [2.24, 2.45) is 0 Å². The van der Waals surface area contributed by atoms with Crippen LogP contribution < -0.4 is 15.6 Å². The Balaban J connectivity index is 1.60. The predicted molar refractivity (Wildman–Crippen MR) is 125 cm³/mol. The zero-order valence-electron chi connectivity index (χ0n) is 18.2. The number of carbonyl (C=O) groups is 1. The van der Waals surface area contributed by atoms with Crippen LogP contribution in [0.25, 0.3) is 11.0 Å². The van der Waals surface area contributed by atoms with E-state index >= 15 is 0 Å². The van der Waals surface area contributed by atoms with E-state index in [0.717, 1.165) is 16.9 Å². The van der Waals surface area contributed by atoms with Crippen molar-refractivity contribution in [2.45, 2.75) is 26.9 Å². The van der Waals surface area contributed by atoms with E-state index in [4.69, 9.17) is 4.74 Å². The van der Waals surface area contributed by atoms with Gasteiger partial charge < -0.3 is 14.6 Å². The van der Waals surface area contributed by atoms with Crippen LogP contribution >= 0.6 is 0 Å². The minimum Gasteiger partial charge on any atom is -0.494 e. The van der Waals surface area contributed by atoms with Gasteiger partial charge in [-0.2, -0.15) is 0 Å². The number of ether oxygens (including phenoxy) is 1. The number of aromatic nitrogens is 2. The number of hydrogen-bond acceptors (Lipinski definition) is 4. The summed E-state index contributed by atoms with van der Waals surface area (Å²) in [5.74, 6) is 0.550. The van der Waals surface area contributed by atoms with E-state index in [0.29, 0.717) is 42.0 Å². The fraction of sp³-hybridized carbons (Fsp3) is 0.192. The van der Waals surface area contributed by atoms with Crippen LogP contribution in [0.3, 0.4) is 0 Å². The summed E-state index contributed by atoms with van der Waals surface area (Å²) in [6.07, 6.45) is 0. The summed E-state index contributed by atoms with van der Waals surface area (Å²) in [5, 5.41) is 2.94. The molecular weight excluding hydrogens is 402 g/mol. The first kappa shape index (κ1) is 21.3. The average molecular weight is 428 g/mol. The maximum Gasteiger partial charge on any atom is 0.272 e. The molecule has 1 aromatic heterocycles. The summed E-state index contributed by atoms with van der Waals surface area (Å²) in [6, 6.07) is 22.7. The van der Waals surface area contributed by atoms with Crippen LogP contribution in [-0.2, 0) is 13.1 Å². The van der Waals surface area contributed by atoms with Gasteiger partial charge in [-0.3, -0.25) is 9.59 Å². The summed E-state index contributed by atoms with van der Waals surface area (Å²) in [4.78, 5) is 30.0. The van der Waals surface area contributed by atoms with Gasteiger partial charge in [-0.15, -0.1) is 0 Å². The van der Waals surface area contributed by atoms with Gasteiger partial charge in [-0.25, -0.2) is 4.98 Å². The number of amides is 1. The third-order valence-electron chi connectivity index (χ3n) is 5.27. The third kappa shape index (κ3) is 4.54. The zero-order valence-corrected chi connectivity index (χ0v) is 18.2. The van der Waals surface area contributed by atoms with Crippen molar-refractivity contribution in [3.05, 3.63) is 106 Å². The van der Waals surface area contributed by atoms with Gasteiger partial charge in [-0.1, -0.05) is 48.5 Å². The molecule has 0 bridgehead atoms. The maximum atomic E-state index is 12.8. The molecule has 3 aromatic carbocycles. The van der Waals surface area contributed by atoms with E-state index in [9.17, 15) is 9.59 Å². The second kappa shape index (κ2) is 9.47. The lowest BCUT2D eigenvalue weighted by atomic mass is 10.1. The van der Waals surface area contributed by atoms with Gasteiger partial charge in [0.2, 0.25) is 0 Å². The number of fused-ring (bicyclic) bond motifs is 1. The van der Waals surface area contributed by atoms with Crippen LogP contribution in [0.15, 0.2) is 77.6 Å². The highest BCUT2D eigenvalue weighted by molar-refractivity contribution is 5.97. The van der Waals surface area contributed by atoms with Crippen molar-refractivity contribution in [1.82, 2.24) is 14.9 Å². The number of hydrogen-bond donors (Lipinski definition) is 1. The Hall–Kier alpha value is -3.93. The highest BCUT2D eigenvalue weighted by Gasteiger charge is 2.13. The van der Waals surface area contributed by atoms with Crippen LogP contribution in [0.2, 0.25) is 0 Å². The monoisotopic (exact) mass is 427 g/mol. The van der Waals surface area contributed by atoms with Crippen molar-refractivity contribution in [1.29, 1.82) is 0 Å². The second-order valence-electron chi connectivity index (χ2n) is 7.50. The van der Waals surface area contributed by atoms with Crippen LogP contribution in [0.4, 0.5) is 0 Å². The lowest BCUT2D eigenvalue weighted by Crippen LogP contribution is -2.26. The number of benzene rings is 3. The van der Waals surface area contributed by atoms with Gasteiger partial charge in [0.25, 0.3) is 11.5 Å². The molecule has 0 unspecified atom stereocenters. The number of para-hydroxylation sites is 1. The molecule has 1 heterocycles. The standard InChI is InChI=1S/C26H25N3O3/c1-3-32-24-12-8-7-11-21(24)16-27-25(30)20-13-14-23-22(15-20)28-18(2)26(31)29(23)17-19-9-5-4-6-10-19/h4-15H,3,16-17H2,1-2H3,(H,27,30). The quantitative estimate of drug-likeness (QED) is 0.482. The number of carbonyl (C=O) groups excluding carboxylic acids is 1. The van der Waals surface area contributed by atoms with E-state index in [1.807, 2.05) is 61.5 Å². The molecule has 0 radical (unpaired) electrons. The van der Waals surface area contributed by atoms with Crippen molar-refractivity contribution in [3.63, 3.8) is 0 Å². The van der Waals surface area contributed by atoms with Gasteiger partial charge >= 0.3 is 0 Å². The van der Waals surface area contributed by atoms with Crippen LogP contribution in [0.1, 0.15) is 34.1 Å². The normalized spacial score (nSPS) is 10.8. The summed E-state index contributed by atoms with van der Waals surface area (Å²) < 4.78 is 7.33. The van der Waals surface area contributed by atoms with Crippen LogP contribution in [-0.4, -0.2) is 22.1 Å². The molecule has 0 spiro atoms. The highest BCUT2D eigenvalue weighted by Crippen LogP contribution is 2.19. The van der Waals surface area contributed by atoms with Gasteiger partial charge in [-0.05, 0) is 43.7 Å². The molecule has 0 saturated carbocycles. The SMILES string of the molecule is CCOc1ccccc1CNC(=O)c1ccc2c(c1)nc(C)c(=O)n2Cc1ccccc1. The van der Waals surface area contributed by atoms with E-state index in [1.165, 1.54) is 0 Å². The molecule has 162 valence electrons. The molecule has 0 saturated heterocycles. The molecule has 6 nitrogen and oxygen atoms in total. The Morgan fingerprint density at radius 1 is 1.03 bits per heavy atom. The molecule has 4 aromatic rings. The maximum absolute atomic E-state index is 12.8. The second-order valence-corrected chi connectivity index (χ2v) is 7.50.